The second-order valence-electron chi connectivity index (χ2n) is 8.65. The highest BCUT2D eigenvalue weighted by atomic mass is 15.5. The maximum absolute atomic E-state index is 4.94. The fourth-order valence-corrected chi connectivity index (χ4v) is 4.61. The highest BCUT2D eigenvalue weighted by molar-refractivity contribution is 5.98. The molecule has 32 heavy (non-hydrogen) atoms. The Morgan fingerprint density at radius 1 is 0.750 bits per heavy atom. The molecular weight excluding hydrogens is 390 g/mol. The van der Waals surface area contributed by atoms with Crippen molar-refractivity contribution in [2.45, 2.75) is 13.5 Å². The maximum atomic E-state index is 4.94. The molecule has 3 heteroatoms. The first-order valence-electron chi connectivity index (χ1n) is 11.5. The number of hydrazone groups is 1. The first kappa shape index (κ1) is 20.5. The van der Waals surface area contributed by atoms with E-state index in [4.69, 9.17) is 5.10 Å². The number of nitrogens with one attached hydrogen (secondary N) is 1. The van der Waals surface area contributed by atoms with E-state index in [9.17, 15) is 0 Å². The van der Waals surface area contributed by atoms with E-state index in [0.717, 1.165) is 38.4 Å². The number of piperazine rings is 1. The van der Waals surface area contributed by atoms with Crippen molar-refractivity contribution in [3.8, 4) is 11.1 Å². The van der Waals surface area contributed by atoms with Gasteiger partial charge in [0.1, 0.15) is 6.54 Å². The Balaban J connectivity index is 1.20. The van der Waals surface area contributed by atoms with Gasteiger partial charge in [0.25, 0.3) is 0 Å². The smallest absolute Gasteiger partial charge is 0.104 e. The van der Waals surface area contributed by atoms with Crippen LogP contribution in [0.25, 0.3) is 21.9 Å². The Bertz CT molecular complexity index is 1200. The normalized spacial score (nSPS) is 15.3. The molecule has 1 saturated heterocycles. The molecule has 0 bridgehead atoms. The molecule has 1 N–H and O–H groups in total. The number of fused-ring (bicyclic) bond motifs is 1. The summed E-state index contributed by atoms with van der Waals surface area (Å²) >= 11 is 0. The minimum absolute atomic E-state index is 1.000. The summed E-state index contributed by atoms with van der Waals surface area (Å²) in [5.74, 6) is 0. The van der Waals surface area contributed by atoms with Crippen LogP contribution in [0.5, 0.6) is 0 Å². The van der Waals surface area contributed by atoms with Crippen molar-refractivity contribution in [2.75, 3.05) is 26.2 Å². The van der Waals surface area contributed by atoms with E-state index in [1.165, 1.54) is 33.0 Å². The summed E-state index contributed by atoms with van der Waals surface area (Å²) in [6.07, 6.45) is 0. The van der Waals surface area contributed by atoms with E-state index >= 15 is 0 Å². The molecule has 1 fully saturated rings. The topological polar surface area (TPSA) is 20.0 Å². The van der Waals surface area contributed by atoms with E-state index in [1.54, 1.807) is 4.90 Å². The van der Waals surface area contributed by atoms with Crippen LogP contribution in [0, 0.1) is 0 Å². The zero-order valence-corrected chi connectivity index (χ0v) is 18.7. The summed E-state index contributed by atoms with van der Waals surface area (Å²) < 4.78 is 0. The van der Waals surface area contributed by atoms with Gasteiger partial charge >= 0.3 is 0 Å². The lowest BCUT2D eigenvalue weighted by Crippen LogP contribution is -3.13. The Morgan fingerprint density at radius 3 is 2.19 bits per heavy atom. The summed E-state index contributed by atoms with van der Waals surface area (Å²) in [4.78, 5) is 1.64. The van der Waals surface area contributed by atoms with Gasteiger partial charge in [-0.15, -0.1) is 0 Å². The Labute approximate surface area is 190 Å². The van der Waals surface area contributed by atoms with Crippen LogP contribution < -0.4 is 4.90 Å². The molecule has 0 unspecified atom stereocenters. The Hall–Kier alpha value is -3.43. The van der Waals surface area contributed by atoms with Gasteiger partial charge in [-0.05, 0) is 34.4 Å². The van der Waals surface area contributed by atoms with Crippen molar-refractivity contribution in [3.05, 3.63) is 108 Å². The molecule has 5 rings (SSSR count). The molecular formula is C29H30N3+. The van der Waals surface area contributed by atoms with Crippen molar-refractivity contribution < 1.29 is 4.90 Å². The molecule has 3 nitrogen and oxygen atoms in total. The van der Waals surface area contributed by atoms with Gasteiger partial charge in [-0.2, -0.15) is 5.10 Å². The highest BCUT2D eigenvalue weighted by Gasteiger charge is 2.20. The van der Waals surface area contributed by atoms with E-state index in [-0.39, 0.29) is 0 Å². The summed E-state index contributed by atoms with van der Waals surface area (Å²) in [5.41, 5.74) is 6.22. The molecule has 0 saturated carbocycles. The predicted octanol–water partition coefficient (Wildman–Crippen LogP) is 4.63. The number of benzene rings is 4. The molecule has 1 heterocycles. The number of quaternary nitrogens is 1. The minimum atomic E-state index is 1.000. The van der Waals surface area contributed by atoms with Crippen LogP contribution in [0.15, 0.2) is 102 Å². The Morgan fingerprint density at radius 2 is 1.41 bits per heavy atom. The number of hydrogen-bond donors (Lipinski definition) is 1. The van der Waals surface area contributed by atoms with E-state index in [0.29, 0.717) is 0 Å². The van der Waals surface area contributed by atoms with E-state index in [1.807, 2.05) is 0 Å². The van der Waals surface area contributed by atoms with Crippen molar-refractivity contribution >= 4 is 16.5 Å². The first-order chi connectivity index (χ1) is 15.8. The third kappa shape index (κ3) is 4.58. The molecule has 1 aliphatic rings. The second-order valence-corrected chi connectivity index (χ2v) is 8.65. The summed E-state index contributed by atoms with van der Waals surface area (Å²) in [7, 11) is 0. The molecule has 160 valence electrons. The first-order valence-corrected chi connectivity index (χ1v) is 11.5. The number of rotatable bonds is 5. The van der Waals surface area contributed by atoms with Gasteiger partial charge in [0.05, 0.1) is 31.9 Å². The largest absolute Gasteiger partial charge is 0.328 e. The van der Waals surface area contributed by atoms with Crippen molar-refractivity contribution in [2.24, 2.45) is 5.10 Å². The minimum Gasteiger partial charge on any atom is -0.328 e. The van der Waals surface area contributed by atoms with Crippen molar-refractivity contribution in [3.63, 3.8) is 0 Å². The van der Waals surface area contributed by atoms with Gasteiger partial charge in [0.15, 0.2) is 0 Å². The summed E-state index contributed by atoms with van der Waals surface area (Å²) in [6.45, 7) is 7.44. The van der Waals surface area contributed by atoms with E-state index < -0.39 is 0 Å². The van der Waals surface area contributed by atoms with Gasteiger partial charge < -0.3 is 4.90 Å². The lowest BCUT2D eigenvalue weighted by Gasteiger charge is -2.31. The van der Waals surface area contributed by atoms with Crippen LogP contribution in [0.2, 0.25) is 0 Å². The van der Waals surface area contributed by atoms with Crippen LogP contribution >= 0.6 is 0 Å². The molecule has 4 aromatic carbocycles. The van der Waals surface area contributed by atoms with Crippen LogP contribution in [0.3, 0.4) is 0 Å². The van der Waals surface area contributed by atoms with Crippen LogP contribution in [0.1, 0.15) is 18.1 Å². The van der Waals surface area contributed by atoms with E-state index in [2.05, 4.69) is 109 Å². The molecule has 1 aliphatic heterocycles. The van der Waals surface area contributed by atoms with Crippen LogP contribution in [-0.2, 0) is 6.54 Å². The molecule has 0 atom stereocenters. The quantitative estimate of drug-likeness (QED) is 0.467. The third-order valence-electron chi connectivity index (χ3n) is 6.47. The lowest BCUT2D eigenvalue weighted by molar-refractivity contribution is -0.918. The van der Waals surface area contributed by atoms with Gasteiger partial charge in [0, 0.05) is 5.56 Å². The lowest BCUT2D eigenvalue weighted by atomic mass is 10.0. The zero-order chi connectivity index (χ0) is 21.8. The molecule has 0 aromatic heterocycles. The third-order valence-corrected chi connectivity index (χ3v) is 6.47. The predicted molar refractivity (Wildman–Crippen MR) is 134 cm³/mol. The van der Waals surface area contributed by atoms with Crippen molar-refractivity contribution in [1.29, 1.82) is 0 Å². The second kappa shape index (κ2) is 9.37. The SMILES string of the molecule is C/C(=N/N1CC[NH+](Cc2cccc3ccccc23)CC1)c1ccc(-c2ccccc2)cc1. The number of nitrogens with zero attached hydrogens (tertiary/aromatic N) is 2. The van der Waals surface area contributed by atoms with Gasteiger partial charge in [-0.25, -0.2) is 0 Å². The highest BCUT2D eigenvalue weighted by Crippen LogP contribution is 2.20. The van der Waals surface area contributed by atoms with Crippen molar-refractivity contribution in [1.82, 2.24) is 5.01 Å². The molecule has 4 aromatic rings. The fourth-order valence-electron chi connectivity index (χ4n) is 4.61. The zero-order valence-electron chi connectivity index (χ0n) is 18.7. The van der Waals surface area contributed by atoms with Crippen LogP contribution in [-0.4, -0.2) is 36.9 Å². The Kier molecular flexibility index (Phi) is 6.00. The number of hydrogen-bond acceptors (Lipinski definition) is 2. The molecule has 0 spiro atoms. The molecule has 0 aliphatic carbocycles. The summed E-state index contributed by atoms with van der Waals surface area (Å²) in [6, 6.07) is 34.6. The average Bonchev–Trinajstić information content (AvgIpc) is 2.86. The average molecular weight is 421 g/mol. The molecule has 0 amide bonds. The molecule has 0 radical (unpaired) electrons. The standard InChI is InChI=1S/C29H29N3/c1-23(24-14-16-26(17-15-24)25-8-3-2-4-9-25)30-32-20-18-31(19-21-32)22-28-12-7-11-27-10-5-6-13-29(27)28/h2-17H,18-22H2,1H3/p+1/b30-23-. The summed E-state index contributed by atoms with van der Waals surface area (Å²) in [5, 5.41) is 9.90. The fraction of sp³-hybridized carbons (Fsp3) is 0.207. The monoisotopic (exact) mass is 420 g/mol. The van der Waals surface area contributed by atoms with Gasteiger partial charge in [-0.1, -0.05) is 97.1 Å². The maximum Gasteiger partial charge on any atom is 0.104 e. The van der Waals surface area contributed by atoms with Gasteiger partial charge in [0.2, 0.25) is 0 Å². The van der Waals surface area contributed by atoms with Crippen LogP contribution in [0.4, 0.5) is 0 Å². The van der Waals surface area contributed by atoms with Gasteiger partial charge in [-0.3, -0.25) is 5.01 Å².